The van der Waals surface area contributed by atoms with E-state index in [0.717, 1.165) is 16.0 Å². The molecule has 1 fully saturated rings. The lowest BCUT2D eigenvalue weighted by Crippen LogP contribution is -2.45. The molecule has 0 saturated carbocycles. The molecule has 2 N–H and O–H groups in total. The molecule has 4 amide bonds. The average Bonchev–Trinajstić information content (AvgIpc) is 2.91. The maximum atomic E-state index is 12.8. The smallest absolute Gasteiger partial charge is 0.323 e. The van der Waals surface area contributed by atoms with Crippen molar-refractivity contribution in [2.45, 2.75) is 32.2 Å². The number of hydrogen-bond acceptors (Lipinski definition) is 3. The highest BCUT2D eigenvalue weighted by Gasteiger charge is 2.47. The van der Waals surface area contributed by atoms with Crippen molar-refractivity contribution in [2.24, 2.45) is 0 Å². The van der Waals surface area contributed by atoms with Crippen molar-refractivity contribution in [3.05, 3.63) is 63.6 Å². The van der Waals surface area contributed by atoms with Gasteiger partial charge in [0, 0.05) is 0 Å². The zero-order valence-corrected chi connectivity index (χ0v) is 17.6. The van der Waals surface area contributed by atoms with E-state index in [-0.39, 0.29) is 10.7 Å². The molecule has 8 heteroatoms. The Morgan fingerprint density at radius 2 is 1.83 bits per heavy atom. The van der Waals surface area contributed by atoms with Gasteiger partial charge in [-0.15, -0.1) is 0 Å². The predicted molar refractivity (Wildman–Crippen MR) is 113 cm³/mol. The van der Waals surface area contributed by atoms with Crippen LogP contribution in [0.1, 0.15) is 24.5 Å². The van der Waals surface area contributed by atoms with Crippen molar-refractivity contribution in [3.63, 3.8) is 0 Å². The molecule has 1 atom stereocenters. The molecule has 0 radical (unpaired) electrons. The van der Waals surface area contributed by atoms with Crippen LogP contribution >= 0.6 is 23.2 Å². The normalized spacial score (nSPS) is 18.7. The van der Waals surface area contributed by atoms with Crippen LogP contribution in [0.2, 0.25) is 10.0 Å². The number of amides is 4. The summed E-state index contributed by atoms with van der Waals surface area (Å²) in [6, 6.07) is 12.4. The van der Waals surface area contributed by atoms with Gasteiger partial charge in [0.2, 0.25) is 5.91 Å². The maximum Gasteiger partial charge on any atom is 0.325 e. The fourth-order valence-corrected chi connectivity index (χ4v) is 3.66. The third kappa shape index (κ3) is 4.54. The van der Waals surface area contributed by atoms with Crippen LogP contribution in [0.25, 0.3) is 0 Å². The van der Waals surface area contributed by atoms with Gasteiger partial charge in [-0.3, -0.25) is 14.5 Å². The summed E-state index contributed by atoms with van der Waals surface area (Å²) in [6.07, 6.45) is 1.05. The molecule has 152 valence electrons. The van der Waals surface area contributed by atoms with E-state index >= 15 is 0 Å². The number of carbonyl (C=O) groups excluding carboxylic acids is 3. The summed E-state index contributed by atoms with van der Waals surface area (Å²) in [4.78, 5) is 38.6. The van der Waals surface area contributed by atoms with Crippen LogP contribution < -0.4 is 10.6 Å². The lowest BCUT2D eigenvalue weighted by atomic mass is 9.93. The SMILES string of the molecule is Cc1ccc(Cl)c(NC(=O)CN2C(=O)N[C@](C)(CCc3ccccc3)C2=O)c1Cl. The van der Waals surface area contributed by atoms with Gasteiger partial charge in [0.1, 0.15) is 12.1 Å². The zero-order chi connectivity index (χ0) is 21.2. The van der Waals surface area contributed by atoms with Gasteiger partial charge in [-0.1, -0.05) is 59.6 Å². The molecule has 0 aromatic heterocycles. The van der Waals surface area contributed by atoms with Gasteiger partial charge >= 0.3 is 6.03 Å². The van der Waals surface area contributed by atoms with E-state index in [0.29, 0.717) is 17.9 Å². The Labute approximate surface area is 179 Å². The van der Waals surface area contributed by atoms with Gasteiger partial charge in [-0.2, -0.15) is 0 Å². The molecule has 29 heavy (non-hydrogen) atoms. The fourth-order valence-electron chi connectivity index (χ4n) is 3.19. The highest BCUT2D eigenvalue weighted by molar-refractivity contribution is 6.40. The van der Waals surface area contributed by atoms with Crippen LogP contribution in [-0.2, 0) is 16.0 Å². The molecule has 1 aliphatic rings. The first kappa shape index (κ1) is 21.1. The minimum atomic E-state index is -1.06. The monoisotopic (exact) mass is 433 g/mol. The zero-order valence-electron chi connectivity index (χ0n) is 16.1. The molecule has 2 aromatic rings. The summed E-state index contributed by atoms with van der Waals surface area (Å²) >= 11 is 12.3. The summed E-state index contributed by atoms with van der Waals surface area (Å²) in [6.45, 7) is 3.03. The number of anilines is 1. The standard InChI is InChI=1S/C21H21Cl2N3O3/c1-13-8-9-15(22)18(17(13)23)24-16(27)12-26-19(28)21(2,25-20(26)29)11-10-14-6-4-3-5-7-14/h3-9H,10-12H2,1-2H3,(H,24,27)(H,25,29)/t21-/m1/s1. The first-order chi connectivity index (χ1) is 13.7. The molecule has 2 aromatic carbocycles. The van der Waals surface area contributed by atoms with Gasteiger partial charge in [-0.05, 0) is 43.9 Å². The minimum absolute atomic E-state index is 0.261. The molecule has 1 aliphatic heterocycles. The number of benzene rings is 2. The van der Waals surface area contributed by atoms with Gasteiger partial charge in [0.05, 0.1) is 15.7 Å². The number of rotatable bonds is 6. The van der Waals surface area contributed by atoms with Gasteiger partial charge in [0.15, 0.2) is 0 Å². The average molecular weight is 434 g/mol. The summed E-state index contributed by atoms with van der Waals surface area (Å²) in [5, 5.41) is 5.89. The Balaban J connectivity index is 1.67. The molecular formula is C21H21Cl2N3O3. The topological polar surface area (TPSA) is 78.5 Å². The van der Waals surface area contributed by atoms with Gasteiger partial charge in [-0.25, -0.2) is 4.79 Å². The molecule has 1 heterocycles. The Morgan fingerprint density at radius 1 is 1.14 bits per heavy atom. The van der Waals surface area contributed by atoms with Crippen LogP contribution in [0.5, 0.6) is 0 Å². The second-order valence-electron chi connectivity index (χ2n) is 7.24. The number of urea groups is 1. The van der Waals surface area contributed by atoms with Crippen molar-refractivity contribution >= 4 is 46.7 Å². The van der Waals surface area contributed by atoms with Crippen molar-refractivity contribution < 1.29 is 14.4 Å². The molecule has 0 unspecified atom stereocenters. The van der Waals surface area contributed by atoms with E-state index in [1.54, 1.807) is 26.0 Å². The van der Waals surface area contributed by atoms with E-state index < -0.39 is 29.9 Å². The van der Waals surface area contributed by atoms with Crippen molar-refractivity contribution in [1.82, 2.24) is 10.2 Å². The fraction of sp³-hybridized carbons (Fsp3) is 0.286. The molecule has 1 saturated heterocycles. The van der Waals surface area contributed by atoms with Gasteiger partial charge < -0.3 is 10.6 Å². The summed E-state index contributed by atoms with van der Waals surface area (Å²) in [5.41, 5.74) is 1.01. The number of nitrogens with zero attached hydrogens (tertiary/aromatic N) is 1. The highest BCUT2D eigenvalue weighted by Crippen LogP contribution is 2.33. The van der Waals surface area contributed by atoms with E-state index in [9.17, 15) is 14.4 Å². The molecule has 0 aliphatic carbocycles. The maximum absolute atomic E-state index is 12.8. The first-order valence-corrected chi connectivity index (χ1v) is 9.89. The van der Waals surface area contributed by atoms with E-state index in [1.165, 1.54) is 0 Å². The Morgan fingerprint density at radius 3 is 2.52 bits per heavy atom. The third-order valence-electron chi connectivity index (χ3n) is 4.95. The number of nitrogens with one attached hydrogen (secondary N) is 2. The molecule has 6 nitrogen and oxygen atoms in total. The van der Waals surface area contributed by atoms with E-state index in [1.807, 2.05) is 30.3 Å². The van der Waals surface area contributed by atoms with Crippen LogP contribution in [0.15, 0.2) is 42.5 Å². The van der Waals surface area contributed by atoms with E-state index in [2.05, 4.69) is 10.6 Å². The van der Waals surface area contributed by atoms with Crippen molar-refractivity contribution in [3.8, 4) is 0 Å². The quantitative estimate of drug-likeness (QED) is 0.670. The Hall–Kier alpha value is -2.57. The summed E-state index contributed by atoms with van der Waals surface area (Å²) in [5.74, 6) is -0.995. The molecule has 3 rings (SSSR count). The second-order valence-corrected chi connectivity index (χ2v) is 8.03. The lowest BCUT2D eigenvalue weighted by Gasteiger charge is -2.21. The first-order valence-electron chi connectivity index (χ1n) is 9.14. The second kappa shape index (κ2) is 8.43. The molecule has 0 spiro atoms. The summed E-state index contributed by atoms with van der Waals surface area (Å²) < 4.78 is 0. The largest absolute Gasteiger partial charge is 0.325 e. The van der Waals surface area contributed by atoms with Crippen LogP contribution in [0.4, 0.5) is 10.5 Å². The van der Waals surface area contributed by atoms with E-state index in [4.69, 9.17) is 23.2 Å². The number of aryl methyl sites for hydroxylation is 2. The van der Waals surface area contributed by atoms with Crippen LogP contribution in [0.3, 0.4) is 0 Å². The lowest BCUT2D eigenvalue weighted by molar-refractivity contribution is -0.133. The van der Waals surface area contributed by atoms with Crippen molar-refractivity contribution in [1.29, 1.82) is 0 Å². The van der Waals surface area contributed by atoms with Crippen LogP contribution in [0, 0.1) is 6.92 Å². The minimum Gasteiger partial charge on any atom is -0.323 e. The molecular weight excluding hydrogens is 413 g/mol. The molecule has 0 bridgehead atoms. The highest BCUT2D eigenvalue weighted by atomic mass is 35.5. The summed E-state index contributed by atoms with van der Waals surface area (Å²) in [7, 11) is 0. The Kier molecular flexibility index (Phi) is 6.15. The third-order valence-corrected chi connectivity index (χ3v) is 5.75. The predicted octanol–water partition coefficient (Wildman–Crippen LogP) is 4.18. The number of carbonyl (C=O) groups is 3. The van der Waals surface area contributed by atoms with Gasteiger partial charge in [0.25, 0.3) is 5.91 Å². The van der Waals surface area contributed by atoms with Crippen LogP contribution in [-0.4, -0.2) is 34.8 Å². The number of hydrogen-bond donors (Lipinski definition) is 2. The Bertz CT molecular complexity index is 965. The number of halogens is 2. The van der Waals surface area contributed by atoms with Crippen molar-refractivity contribution in [2.75, 3.05) is 11.9 Å². The number of imide groups is 1.